The van der Waals surface area contributed by atoms with Crippen LogP contribution >= 0.6 is 0 Å². The van der Waals surface area contributed by atoms with Gasteiger partial charge in [-0.15, -0.1) is 0 Å². The van der Waals surface area contributed by atoms with Crippen molar-refractivity contribution in [1.82, 2.24) is 0 Å². The number of nitrogens with zero attached hydrogens (tertiary/aromatic N) is 1. The zero-order chi connectivity index (χ0) is 19.2. The van der Waals surface area contributed by atoms with E-state index in [1.807, 2.05) is 6.07 Å². The molecule has 0 bridgehead atoms. The van der Waals surface area contributed by atoms with Crippen molar-refractivity contribution >= 4 is 23.5 Å². The second kappa shape index (κ2) is 8.62. The zero-order valence-corrected chi connectivity index (χ0v) is 15.4. The van der Waals surface area contributed by atoms with Gasteiger partial charge in [-0.3, -0.25) is 9.59 Å². The second-order valence-corrected chi connectivity index (χ2v) is 6.59. The van der Waals surface area contributed by atoms with E-state index >= 15 is 0 Å². The van der Waals surface area contributed by atoms with E-state index < -0.39 is 11.9 Å². The minimum absolute atomic E-state index is 0.237. The molecule has 1 heterocycles. The normalized spacial score (nSPS) is 13.0. The third-order valence-corrected chi connectivity index (χ3v) is 4.62. The number of anilines is 1. The summed E-state index contributed by atoms with van der Waals surface area (Å²) in [5.74, 6) is -1.26. The number of fused-ring (bicyclic) bond motifs is 1. The SMILES string of the molecule is CCCCCCCOC(=O)c1ccc2c(c1)C(=O)N(c1ccccc1)C2=O. The van der Waals surface area contributed by atoms with Crippen LogP contribution in [0, 0.1) is 0 Å². The molecule has 1 aliphatic rings. The van der Waals surface area contributed by atoms with Crippen LogP contribution in [0.2, 0.25) is 0 Å². The lowest BCUT2D eigenvalue weighted by Crippen LogP contribution is -2.29. The number of benzene rings is 2. The Balaban J connectivity index is 1.68. The van der Waals surface area contributed by atoms with Crippen molar-refractivity contribution in [2.24, 2.45) is 0 Å². The van der Waals surface area contributed by atoms with Crippen LogP contribution in [0.5, 0.6) is 0 Å². The van der Waals surface area contributed by atoms with Crippen LogP contribution < -0.4 is 4.90 Å². The van der Waals surface area contributed by atoms with Crippen LogP contribution in [0.3, 0.4) is 0 Å². The van der Waals surface area contributed by atoms with Gasteiger partial charge in [0.1, 0.15) is 0 Å². The van der Waals surface area contributed by atoms with Gasteiger partial charge < -0.3 is 4.74 Å². The number of unbranched alkanes of at least 4 members (excludes halogenated alkanes) is 4. The van der Waals surface area contributed by atoms with E-state index in [9.17, 15) is 14.4 Å². The molecule has 2 amide bonds. The van der Waals surface area contributed by atoms with Crippen molar-refractivity contribution in [3.63, 3.8) is 0 Å². The Kier molecular flexibility index (Phi) is 6.01. The Morgan fingerprint density at radius 3 is 2.33 bits per heavy atom. The molecule has 0 N–H and O–H groups in total. The van der Waals surface area contributed by atoms with Gasteiger partial charge in [-0.1, -0.05) is 50.8 Å². The summed E-state index contributed by atoms with van der Waals surface area (Å²) in [6, 6.07) is 13.3. The van der Waals surface area contributed by atoms with Crippen molar-refractivity contribution in [2.75, 3.05) is 11.5 Å². The molecule has 5 heteroatoms. The van der Waals surface area contributed by atoms with Crippen LogP contribution in [-0.4, -0.2) is 24.4 Å². The van der Waals surface area contributed by atoms with Crippen molar-refractivity contribution < 1.29 is 19.1 Å². The minimum atomic E-state index is -0.466. The Bertz CT molecular complexity index is 845. The Morgan fingerprint density at radius 1 is 0.889 bits per heavy atom. The molecule has 1 aliphatic heterocycles. The first-order chi connectivity index (χ1) is 13.1. The topological polar surface area (TPSA) is 63.7 Å². The quantitative estimate of drug-likeness (QED) is 0.389. The molecule has 140 valence electrons. The first-order valence-corrected chi connectivity index (χ1v) is 9.38. The highest BCUT2D eigenvalue weighted by molar-refractivity contribution is 6.34. The zero-order valence-electron chi connectivity index (χ0n) is 15.4. The van der Waals surface area contributed by atoms with Gasteiger partial charge in [-0.25, -0.2) is 9.69 Å². The highest BCUT2D eigenvalue weighted by Gasteiger charge is 2.37. The summed E-state index contributed by atoms with van der Waals surface area (Å²) >= 11 is 0. The average Bonchev–Trinajstić information content (AvgIpc) is 2.95. The molecule has 0 atom stereocenters. The maximum absolute atomic E-state index is 12.7. The largest absolute Gasteiger partial charge is 0.462 e. The lowest BCUT2D eigenvalue weighted by molar-refractivity contribution is 0.0497. The van der Waals surface area contributed by atoms with Crippen molar-refractivity contribution in [1.29, 1.82) is 0 Å². The van der Waals surface area contributed by atoms with E-state index in [0.29, 0.717) is 23.4 Å². The summed E-state index contributed by atoms with van der Waals surface area (Å²) in [5.41, 5.74) is 1.35. The number of ether oxygens (including phenoxy) is 1. The van der Waals surface area contributed by atoms with Gasteiger partial charge >= 0.3 is 5.97 Å². The van der Waals surface area contributed by atoms with E-state index in [4.69, 9.17) is 4.74 Å². The number of hydrogen-bond donors (Lipinski definition) is 0. The van der Waals surface area contributed by atoms with Gasteiger partial charge in [0.2, 0.25) is 0 Å². The molecule has 27 heavy (non-hydrogen) atoms. The maximum atomic E-state index is 12.7. The Labute approximate surface area is 158 Å². The summed E-state index contributed by atoms with van der Waals surface area (Å²) < 4.78 is 5.29. The molecule has 0 spiro atoms. The molecule has 2 aromatic carbocycles. The minimum Gasteiger partial charge on any atom is -0.462 e. The number of imide groups is 1. The van der Waals surface area contributed by atoms with Crippen molar-refractivity contribution in [3.8, 4) is 0 Å². The third kappa shape index (κ3) is 4.08. The Hall–Kier alpha value is -2.95. The van der Waals surface area contributed by atoms with Crippen LogP contribution in [0.1, 0.15) is 70.1 Å². The molecule has 2 aromatic rings. The molecule has 0 fully saturated rings. The fourth-order valence-electron chi connectivity index (χ4n) is 3.13. The number of rotatable bonds is 8. The van der Waals surface area contributed by atoms with E-state index in [-0.39, 0.29) is 11.5 Å². The molecule has 5 nitrogen and oxygen atoms in total. The summed E-state index contributed by atoms with van der Waals surface area (Å²) in [4.78, 5) is 38.6. The van der Waals surface area contributed by atoms with Crippen LogP contribution in [0.25, 0.3) is 0 Å². The van der Waals surface area contributed by atoms with E-state index in [0.717, 1.165) is 24.2 Å². The maximum Gasteiger partial charge on any atom is 0.338 e. The van der Waals surface area contributed by atoms with Crippen molar-refractivity contribution in [3.05, 3.63) is 65.2 Å². The molecular weight excluding hydrogens is 342 g/mol. The summed E-state index contributed by atoms with van der Waals surface area (Å²) in [6.07, 6.45) is 5.35. The summed E-state index contributed by atoms with van der Waals surface area (Å²) in [5, 5.41) is 0. The second-order valence-electron chi connectivity index (χ2n) is 6.59. The first-order valence-electron chi connectivity index (χ1n) is 9.38. The number of amides is 2. The van der Waals surface area contributed by atoms with Gasteiger partial charge in [0.25, 0.3) is 11.8 Å². The number of carbonyl (C=O) groups is 3. The number of esters is 1. The molecule has 3 rings (SSSR count). The van der Waals surface area contributed by atoms with Gasteiger partial charge in [-0.2, -0.15) is 0 Å². The number of hydrogen-bond acceptors (Lipinski definition) is 4. The highest BCUT2D eigenvalue weighted by atomic mass is 16.5. The smallest absolute Gasteiger partial charge is 0.338 e. The summed E-state index contributed by atoms with van der Waals surface area (Å²) in [6.45, 7) is 2.52. The molecule has 0 aromatic heterocycles. The fourth-order valence-corrected chi connectivity index (χ4v) is 3.13. The molecular formula is C22H23NO4. The number of para-hydroxylation sites is 1. The van der Waals surface area contributed by atoms with Crippen molar-refractivity contribution in [2.45, 2.75) is 39.0 Å². The lowest BCUT2D eigenvalue weighted by Gasteiger charge is -2.13. The van der Waals surface area contributed by atoms with Crippen LogP contribution in [0.4, 0.5) is 5.69 Å². The number of carbonyl (C=O) groups excluding carboxylic acids is 3. The standard InChI is InChI=1S/C22H23NO4/c1-2-3-4-5-9-14-27-22(26)16-12-13-18-19(15-16)21(25)23(20(18)24)17-10-7-6-8-11-17/h6-8,10-13,15H,2-5,9,14H2,1H3. The van der Waals surface area contributed by atoms with Crippen LogP contribution in [0.15, 0.2) is 48.5 Å². The average molecular weight is 365 g/mol. The summed E-state index contributed by atoms with van der Waals surface area (Å²) in [7, 11) is 0. The molecule has 0 unspecified atom stereocenters. The van der Waals surface area contributed by atoms with Gasteiger partial charge in [0, 0.05) is 0 Å². The van der Waals surface area contributed by atoms with E-state index in [1.165, 1.54) is 31.0 Å². The van der Waals surface area contributed by atoms with Gasteiger partial charge in [-0.05, 0) is 36.8 Å². The first kappa shape index (κ1) is 18.8. The molecule has 0 saturated heterocycles. The van der Waals surface area contributed by atoms with Crippen LogP contribution in [-0.2, 0) is 4.74 Å². The van der Waals surface area contributed by atoms with Gasteiger partial charge in [0.15, 0.2) is 0 Å². The highest BCUT2D eigenvalue weighted by Crippen LogP contribution is 2.29. The lowest BCUT2D eigenvalue weighted by atomic mass is 10.1. The third-order valence-electron chi connectivity index (χ3n) is 4.62. The Morgan fingerprint density at radius 2 is 1.59 bits per heavy atom. The van der Waals surface area contributed by atoms with E-state index in [1.54, 1.807) is 24.3 Å². The molecule has 0 radical (unpaired) electrons. The monoisotopic (exact) mass is 365 g/mol. The predicted molar refractivity (Wildman–Crippen MR) is 103 cm³/mol. The van der Waals surface area contributed by atoms with Gasteiger partial charge in [0.05, 0.1) is 29.0 Å². The fraction of sp³-hybridized carbons (Fsp3) is 0.318. The predicted octanol–water partition coefficient (Wildman–Crippen LogP) is 4.61. The van der Waals surface area contributed by atoms with E-state index in [2.05, 4.69) is 6.92 Å². The molecule has 0 saturated carbocycles. The molecule has 0 aliphatic carbocycles.